The third kappa shape index (κ3) is 3.49. The Labute approximate surface area is 130 Å². The Balaban J connectivity index is 2.32. The van der Waals surface area contributed by atoms with E-state index in [-0.39, 0.29) is 11.5 Å². The largest absolute Gasteiger partial charge is 0.468 e. The maximum absolute atomic E-state index is 12.5. The van der Waals surface area contributed by atoms with Crippen LogP contribution in [0.25, 0.3) is 0 Å². The molecule has 0 spiro atoms. The van der Waals surface area contributed by atoms with Crippen LogP contribution in [0.1, 0.15) is 17.4 Å². The van der Waals surface area contributed by atoms with Crippen LogP contribution in [0.2, 0.25) is 0 Å². The molecule has 6 nitrogen and oxygen atoms in total. The number of sulfonamides is 1. The van der Waals surface area contributed by atoms with Crippen molar-refractivity contribution < 1.29 is 17.9 Å². The zero-order valence-electron chi connectivity index (χ0n) is 12.8. The van der Waals surface area contributed by atoms with Crippen LogP contribution in [0.5, 0.6) is 0 Å². The number of nitrogens with one attached hydrogen (secondary N) is 1. The van der Waals surface area contributed by atoms with Crippen LogP contribution in [0, 0.1) is 6.92 Å². The van der Waals surface area contributed by atoms with Gasteiger partial charge in [0.2, 0.25) is 10.0 Å². The Morgan fingerprint density at radius 1 is 1.32 bits per heavy atom. The maximum atomic E-state index is 12.5. The molecule has 0 saturated heterocycles. The average Bonchev–Trinajstić information content (AvgIpc) is 2.98. The van der Waals surface area contributed by atoms with Crippen molar-refractivity contribution in [3.05, 3.63) is 47.9 Å². The number of aliphatic hydroxyl groups excluding tert-OH is 1. The zero-order chi connectivity index (χ0) is 16.3. The fraction of sp³-hybridized carbons (Fsp3) is 0.333. The first-order chi connectivity index (χ1) is 10.3. The van der Waals surface area contributed by atoms with Gasteiger partial charge in [-0.05, 0) is 36.8 Å². The number of rotatable bonds is 6. The molecule has 0 fully saturated rings. The molecule has 1 unspecified atom stereocenters. The fourth-order valence-corrected chi connectivity index (χ4v) is 3.38. The molecule has 1 heterocycles. The van der Waals surface area contributed by atoms with Gasteiger partial charge in [-0.3, -0.25) is 0 Å². The molecule has 0 bridgehead atoms. The first-order valence-electron chi connectivity index (χ1n) is 6.79. The number of anilines is 1. The van der Waals surface area contributed by atoms with Crippen LogP contribution in [0.15, 0.2) is 45.9 Å². The van der Waals surface area contributed by atoms with E-state index >= 15 is 0 Å². The first kappa shape index (κ1) is 16.5. The van der Waals surface area contributed by atoms with E-state index in [0.717, 1.165) is 11.3 Å². The van der Waals surface area contributed by atoms with E-state index in [9.17, 15) is 13.5 Å². The minimum absolute atomic E-state index is 0.145. The van der Waals surface area contributed by atoms with Crippen molar-refractivity contribution in [3.63, 3.8) is 0 Å². The summed E-state index contributed by atoms with van der Waals surface area (Å²) in [5.41, 5.74) is 1.80. The van der Waals surface area contributed by atoms with Gasteiger partial charge >= 0.3 is 0 Å². The molecular weight excluding hydrogens is 304 g/mol. The highest BCUT2D eigenvalue weighted by Gasteiger charge is 2.23. The van der Waals surface area contributed by atoms with Crippen LogP contribution in [0.4, 0.5) is 5.69 Å². The molecular formula is C15H20N2O4S. The van der Waals surface area contributed by atoms with Crippen molar-refractivity contribution in [2.24, 2.45) is 0 Å². The Hall–Kier alpha value is -1.83. The monoisotopic (exact) mass is 324 g/mol. The van der Waals surface area contributed by atoms with Gasteiger partial charge in [-0.15, -0.1) is 0 Å². The van der Waals surface area contributed by atoms with Crippen molar-refractivity contribution in [1.29, 1.82) is 0 Å². The first-order valence-corrected chi connectivity index (χ1v) is 8.28. The Kier molecular flexibility index (Phi) is 4.90. The van der Waals surface area contributed by atoms with E-state index in [0.29, 0.717) is 5.76 Å². The molecule has 0 amide bonds. The summed E-state index contributed by atoms with van der Waals surface area (Å²) in [7, 11) is -0.0617. The summed E-state index contributed by atoms with van der Waals surface area (Å²) in [5.74, 6) is 0.367. The molecule has 1 aromatic carbocycles. The van der Waals surface area contributed by atoms with E-state index in [1.807, 2.05) is 25.9 Å². The predicted molar refractivity (Wildman–Crippen MR) is 84.4 cm³/mol. The van der Waals surface area contributed by atoms with Gasteiger partial charge in [-0.2, -0.15) is 4.72 Å². The van der Waals surface area contributed by atoms with Crippen LogP contribution < -0.4 is 9.62 Å². The summed E-state index contributed by atoms with van der Waals surface area (Å²) >= 11 is 0. The second-order valence-electron chi connectivity index (χ2n) is 5.21. The molecule has 22 heavy (non-hydrogen) atoms. The molecule has 7 heteroatoms. The molecule has 120 valence electrons. The molecule has 0 saturated carbocycles. The highest BCUT2D eigenvalue weighted by atomic mass is 32.2. The Morgan fingerprint density at radius 3 is 2.59 bits per heavy atom. The second kappa shape index (κ2) is 6.51. The molecule has 0 aliphatic heterocycles. The molecule has 1 aromatic heterocycles. The summed E-state index contributed by atoms with van der Waals surface area (Å²) in [6.07, 6.45) is 1.43. The van der Waals surface area contributed by atoms with E-state index < -0.39 is 16.1 Å². The van der Waals surface area contributed by atoms with Crippen molar-refractivity contribution >= 4 is 15.7 Å². The van der Waals surface area contributed by atoms with Gasteiger partial charge in [-0.1, -0.05) is 6.07 Å². The number of aliphatic hydroxyl groups is 1. The third-order valence-corrected chi connectivity index (χ3v) is 4.81. The highest BCUT2D eigenvalue weighted by Crippen LogP contribution is 2.24. The van der Waals surface area contributed by atoms with E-state index in [4.69, 9.17) is 4.42 Å². The summed E-state index contributed by atoms with van der Waals surface area (Å²) in [6, 6.07) is 7.34. The van der Waals surface area contributed by atoms with Crippen LogP contribution in [0.3, 0.4) is 0 Å². The predicted octanol–water partition coefficient (Wildman–Crippen LogP) is 1.67. The maximum Gasteiger partial charge on any atom is 0.241 e. The van der Waals surface area contributed by atoms with Gasteiger partial charge in [0, 0.05) is 19.8 Å². The lowest BCUT2D eigenvalue weighted by atomic mass is 10.2. The molecule has 2 N–H and O–H groups in total. The molecule has 0 radical (unpaired) electrons. The Morgan fingerprint density at radius 2 is 2.05 bits per heavy atom. The van der Waals surface area contributed by atoms with Crippen LogP contribution in [-0.4, -0.2) is 34.2 Å². The van der Waals surface area contributed by atoms with Crippen molar-refractivity contribution in [1.82, 2.24) is 4.72 Å². The number of nitrogens with zero attached hydrogens (tertiary/aromatic N) is 1. The summed E-state index contributed by atoms with van der Waals surface area (Å²) < 4.78 is 32.6. The minimum Gasteiger partial charge on any atom is -0.468 e. The molecule has 2 rings (SSSR count). The summed E-state index contributed by atoms with van der Waals surface area (Å²) in [4.78, 5) is 2.00. The SMILES string of the molecule is Cc1ccc(S(=O)(=O)NC(CO)c2ccco2)cc1N(C)C. The smallest absolute Gasteiger partial charge is 0.241 e. The van der Waals surface area contributed by atoms with E-state index in [1.165, 1.54) is 6.26 Å². The van der Waals surface area contributed by atoms with Gasteiger partial charge in [-0.25, -0.2) is 8.42 Å². The summed E-state index contributed by atoms with van der Waals surface area (Å²) in [6.45, 7) is 1.53. The topological polar surface area (TPSA) is 82.8 Å². The molecule has 2 aromatic rings. The lowest BCUT2D eigenvalue weighted by Gasteiger charge is -2.18. The molecule has 0 aliphatic carbocycles. The molecule has 0 aliphatic rings. The lowest BCUT2D eigenvalue weighted by Crippen LogP contribution is -2.30. The number of aryl methyl sites for hydroxylation is 1. The lowest BCUT2D eigenvalue weighted by molar-refractivity contribution is 0.242. The standard InChI is InChI=1S/C15H20N2O4S/c1-11-6-7-12(9-14(11)17(2)3)22(19,20)16-13(10-18)15-5-4-8-21-15/h4-9,13,16,18H,10H2,1-3H3. The number of hydrogen-bond acceptors (Lipinski definition) is 5. The normalized spacial score (nSPS) is 13.1. The van der Waals surface area contributed by atoms with Crippen LogP contribution >= 0.6 is 0 Å². The minimum atomic E-state index is -3.77. The Bertz CT molecular complexity index is 724. The zero-order valence-corrected chi connectivity index (χ0v) is 13.6. The second-order valence-corrected chi connectivity index (χ2v) is 6.93. The van der Waals surface area contributed by atoms with Crippen molar-refractivity contribution in [3.8, 4) is 0 Å². The number of hydrogen-bond donors (Lipinski definition) is 2. The molecule has 1 atom stereocenters. The van der Waals surface area contributed by atoms with Gasteiger partial charge in [0.1, 0.15) is 11.8 Å². The average molecular weight is 324 g/mol. The van der Waals surface area contributed by atoms with Crippen molar-refractivity contribution in [2.45, 2.75) is 17.9 Å². The van der Waals surface area contributed by atoms with Crippen LogP contribution in [-0.2, 0) is 10.0 Å². The third-order valence-electron chi connectivity index (χ3n) is 3.34. The van der Waals surface area contributed by atoms with Gasteiger partial charge in [0.25, 0.3) is 0 Å². The fourth-order valence-electron chi connectivity index (χ4n) is 2.17. The number of benzene rings is 1. The highest BCUT2D eigenvalue weighted by molar-refractivity contribution is 7.89. The van der Waals surface area contributed by atoms with Gasteiger partial charge in [0.05, 0.1) is 17.8 Å². The number of furan rings is 1. The van der Waals surface area contributed by atoms with Crippen molar-refractivity contribution in [2.75, 3.05) is 25.6 Å². The van der Waals surface area contributed by atoms with Gasteiger partial charge in [0.15, 0.2) is 0 Å². The van der Waals surface area contributed by atoms with Gasteiger partial charge < -0.3 is 14.4 Å². The van der Waals surface area contributed by atoms with E-state index in [2.05, 4.69) is 4.72 Å². The summed E-state index contributed by atoms with van der Waals surface area (Å²) in [5, 5.41) is 9.40. The van der Waals surface area contributed by atoms with E-state index in [1.54, 1.807) is 30.3 Å². The quantitative estimate of drug-likeness (QED) is 0.844.